The van der Waals surface area contributed by atoms with Gasteiger partial charge in [0.15, 0.2) is 0 Å². The highest BCUT2D eigenvalue weighted by Gasteiger charge is 2.27. The first-order valence-electron chi connectivity index (χ1n) is 10.5. The standard InChI is InChI=1S/C22H29N3O4S2/c1-3-7-20(18-8-5-4-6-9-18)24-22(26)17(2)30-21-11-10-19(16-23-21)31(27,28)25-12-14-29-15-13-25/h4-6,8-11,16-17,20H,3,7,12-15H2,1-2H3,(H,24,26)/t17-,20+/m0/s1. The summed E-state index contributed by atoms with van der Waals surface area (Å²) >= 11 is 1.31. The Balaban J connectivity index is 1.62. The number of carbonyl (C=O) groups excluding carboxylic acids is 1. The van der Waals surface area contributed by atoms with Gasteiger partial charge in [0.05, 0.1) is 29.5 Å². The van der Waals surface area contributed by atoms with Crippen LogP contribution in [0.1, 0.15) is 38.3 Å². The van der Waals surface area contributed by atoms with Gasteiger partial charge in [0, 0.05) is 19.3 Å². The fourth-order valence-electron chi connectivity index (χ4n) is 3.34. The van der Waals surface area contributed by atoms with Crippen molar-refractivity contribution in [3.63, 3.8) is 0 Å². The molecule has 1 aliphatic rings. The minimum absolute atomic E-state index is 0.0317. The number of nitrogens with zero attached hydrogens (tertiary/aromatic N) is 2. The second-order valence-electron chi connectivity index (χ2n) is 7.37. The molecule has 1 aromatic carbocycles. The van der Waals surface area contributed by atoms with Gasteiger partial charge in [0.2, 0.25) is 15.9 Å². The zero-order valence-electron chi connectivity index (χ0n) is 17.9. The van der Waals surface area contributed by atoms with Gasteiger partial charge in [0.1, 0.15) is 4.90 Å². The van der Waals surface area contributed by atoms with Gasteiger partial charge in [0.25, 0.3) is 0 Å². The molecular weight excluding hydrogens is 434 g/mol. The summed E-state index contributed by atoms with van der Waals surface area (Å²) in [5, 5.41) is 3.37. The molecule has 9 heteroatoms. The van der Waals surface area contributed by atoms with Crippen LogP contribution in [0.5, 0.6) is 0 Å². The third-order valence-corrected chi connectivity index (χ3v) is 8.01. The van der Waals surface area contributed by atoms with E-state index in [1.54, 1.807) is 12.1 Å². The van der Waals surface area contributed by atoms with Crippen molar-refractivity contribution < 1.29 is 17.9 Å². The molecule has 0 saturated carbocycles. The van der Waals surface area contributed by atoms with E-state index in [0.717, 1.165) is 18.4 Å². The van der Waals surface area contributed by atoms with Crippen LogP contribution in [-0.2, 0) is 19.6 Å². The number of rotatable bonds is 9. The Kier molecular flexibility index (Phi) is 8.48. The van der Waals surface area contributed by atoms with Crippen LogP contribution in [0.25, 0.3) is 0 Å². The molecule has 31 heavy (non-hydrogen) atoms. The van der Waals surface area contributed by atoms with Gasteiger partial charge >= 0.3 is 0 Å². The van der Waals surface area contributed by atoms with E-state index in [9.17, 15) is 13.2 Å². The van der Waals surface area contributed by atoms with Crippen molar-refractivity contribution in [2.24, 2.45) is 0 Å². The van der Waals surface area contributed by atoms with Crippen LogP contribution in [0.15, 0.2) is 58.6 Å². The maximum absolute atomic E-state index is 12.8. The van der Waals surface area contributed by atoms with E-state index in [4.69, 9.17) is 4.74 Å². The van der Waals surface area contributed by atoms with E-state index in [-0.39, 0.29) is 22.1 Å². The van der Waals surface area contributed by atoms with Crippen LogP contribution in [0.3, 0.4) is 0 Å². The molecule has 1 saturated heterocycles. The van der Waals surface area contributed by atoms with Gasteiger partial charge in [-0.2, -0.15) is 4.31 Å². The third-order valence-electron chi connectivity index (χ3n) is 5.08. The highest BCUT2D eigenvalue weighted by molar-refractivity contribution is 8.00. The average molecular weight is 464 g/mol. The van der Waals surface area contributed by atoms with Gasteiger partial charge in [-0.3, -0.25) is 4.79 Å². The SMILES string of the molecule is CCC[C@@H](NC(=O)[C@H](C)Sc1ccc(S(=O)(=O)N2CCOCC2)cn1)c1ccccc1. The predicted octanol–water partition coefficient (Wildman–Crippen LogP) is 3.24. The molecule has 7 nitrogen and oxygen atoms in total. The molecule has 1 amide bonds. The minimum atomic E-state index is -3.57. The molecule has 0 unspecified atom stereocenters. The first kappa shape index (κ1) is 23.7. The van der Waals surface area contributed by atoms with Crippen molar-refractivity contribution in [3.05, 3.63) is 54.2 Å². The monoisotopic (exact) mass is 463 g/mol. The van der Waals surface area contributed by atoms with Crippen LogP contribution < -0.4 is 5.32 Å². The molecule has 2 atom stereocenters. The van der Waals surface area contributed by atoms with Crippen LogP contribution >= 0.6 is 11.8 Å². The molecule has 1 aliphatic heterocycles. The first-order chi connectivity index (χ1) is 14.9. The molecule has 0 spiro atoms. The highest BCUT2D eigenvalue weighted by atomic mass is 32.2. The topological polar surface area (TPSA) is 88.6 Å². The molecule has 2 aromatic rings. The third kappa shape index (κ3) is 6.29. The van der Waals surface area contributed by atoms with Crippen LogP contribution in [0.4, 0.5) is 0 Å². The summed E-state index contributed by atoms with van der Waals surface area (Å²) in [6.45, 7) is 5.40. The molecule has 2 heterocycles. The van der Waals surface area contributed by atoms with Gasteiger partial charge in [-0.25, -0.2) is 13.4 Å². The Morgan fingerprint density at radius 1 is 1.19 bits per heavy atom. The quantitative estimate of drug-likeness (QED) is 0.575. The summed E-state index contributed by atoms with van der Waals surface area (Å²) in [5.74, 6) is -0.0703. The van der Waals surface area contributed by atoms with Crippen LogP contribution in [0.2, 0.25) is 0 Å². The summed E-state index contributed by atoms with van der Waals surface area (Å²) in [6.07, 6.45) is 3.18. The molecule has 1 N–H and O–H groups in total. The van der Waals surface area contributed by atoms with Gasteiger partial charge in [-0.1, -0.05) is 55.4 Å². The summed E-state index contributed by atoms with van der Waals surface area (Å²) in [7, 11) is -3.57. The smallest absolute Gasteiger partial charge is 0.244 e. The fourth-order valence-corrected chi connectivity index (χ4v) is 5.50. The van der Waals surface area contributed by atoms with Crippen molar-refractivity contribution in [3.8, 4) is 0 Å². The number of benzene rings is 1. The second kappa shape index (κ2) is 11.1. The molecule has 1 aromatic heterocycles. The van der Waals surface area contributed by atoms with Crippen LogP contribution in [-0.4, -0.2) is 55.2 Å². The Morgan fingerprint density at radius 2 is 1.90 bits per heavy atom. The highest BCUT2D eigenvalue weighted by Crippen LogP contribution is 2.25. The molecule has 0 radical (unpaired) electrons. The molecule has 168 valence electrons. The normalized spacial score (nSPS) is 17.1. The number of nitrogens with one attached hydrogen (secondary N) is 1. The van der Waals surface area contributed by atoms with Crippen molar-refractivity contribution in [2.75, 3.05) is 26.3 Å². The number of amides is 1. The molecule has 0 bridgehead atoms. The van der Waals surface area contributed by atoms with E-state index in [0.29, 0.717) is 31.3 Å². The predicted molar refractivity (Wildman–Crippen MR) is 121 cm³/mol. The average Bonchev–Trinajstić information content (AvgIpc) is 2.80. The van der Waals surface area contributed by atoms with Crippen molar-refractivity contribution in [1.29, 1.82) is 0 Å². The zero-order chi connectivity index (χ0) is 22.3. The maximum atomic E-state index is 12.8. The molecule has 1 fully saturated rings. The number of morpholine rings is 1. The maximum Gasteiger partial charge on any atom is 0.244 e. The number of carbonyl (C=O) groups is 1. The number of aromatic nitrogens is 1. The Hall–Kier alpha value is -1.94. The Morgan fingerprint density at radius 3 is 2.52 bits per heavy atom. The zero-order valence-corrected chi connectivity index (χ0v) is 19.5. The van der Waals surface area contributed by atoms with E-state index >= 15 is 0 Å². The molecule has 3 rings (SSSR count). The summed E-state index contributed by atoms with van der Waals surface area (Å²) < 4.78 is 32.0. The van der Waals surface area contributed by atoms with Crippen molar-refractivity contribution >= 4 is 27.7 Å². The van der Waals surface area contributed by atoms with E-state index in [2.05, 4.69) is 17.2 Å². The lowest BCUT2D eigenvalue weighted by Crippen LogP contribution is -2.40. The number of sulfonamides is 1. The van der Waals surface area contributed by atoms with Crippen molar-refractivity contribution in [2.45, 2.75) is 47.9 Å². The second-order valence-corrected chi connectivity index (χ2v) is 10.7. The molecular formula is C22H29N3O4S2. The van der Waals surface area contributed by atoms with Gasteiger partial charge < -0.3 is 10.1 Å². The van der Waals surface area contributed by atoms with Gasteiger partial charge in [-0.05, 0) is 31.0 Å². The lowest BCUT2D eigenvalue weighted by Gasteiger charge is -2.25. The molecule has 0 aliphatic carbocycles. The van der Waals surface area contributed by atoms with Crippen molar-refractivity contribution in [1.82, 2.24) is 14.6 Å². The fraction of sp³-hybridized carbons (Fsp3) is 0.455. The van der Waals surface area contributed by atoms with E-state index in [1.165, 1.54) is 22.3 Å². The number of ether oxygens (including phenoxy) is 1. The number of thioether (sulfide) groups is 1. The number of hydrogen-bond acceptors (Lipinski definition) is 6. The largest absolute Gasteiger partial charge is 0.379 e. The summed E-state index contributed by atoms with van der Waals surface area (Å²) in [6, 6.07) is 13.1. The van der Waals surface area contributed by atoms with E-state index < -0.39 is 10.0 Å². The first-order valence-corrected chi connectivity index (χ1v) is 12.8. The Labute approximate surface area is 188 Å². The Bertz CT molecular complexity index is 946. The summed E-state index contributed by atoms with van der Waals surface area (Å²) in [5.41, 5.74) is 1.09. The van der Waals surface area contributed by atoms with Gasteiger partial charge in [-0.15, -0.1) is 0 Å². The number of hydrogen-bond donors (Lipinski definition) is 1. The lowest BCUT2D eigenvalue weighted by molar-refractivity contribution is -0.121. The van der Waals surface area contributed by atoms with Crippen LogP contribution in [0, 0.1) is 0 Å². The minimum Gasteiger partial charge on any atom is -0.379 e. The van der Waals surface area contributed by atoms with E-state index in [1.807, 2.05) is 37.3 Å². The number of pyridine rings is 1. The summed E-state index contributed by atoms with van der Waals surface area (Å²) in [4.78, 5) is 17.2. The lowest BCUT2D eigenvalue weighted by atomic mass is 10.0.